The minimum absolute atomic E-state index is 0.0430. The number of ether oxygens (including phenoxy) is 2. The van der Waals surface area contributed by atoms with Gasteiger partial charge in [0.2, 0.25) is 5.91 Å². The monoisotopic (exact) mass is 508 g/mol. The van der Waals surface area contributed by atoms with E-state index in [4.69, 9.17) is 32.7 Å². The normalized spacial score (nSPS) is 11.1. The lowest BCUT2D eigenvalue weighted by molar-refractivity contribution is -0.114. The van der Waals surface area contributed by atoms with Crippen molar-refractivity contribution in [3.05, 3.63) is 76.3 Å². The van der Waals surface area contributed by atoms with E-state index in [0.29, 0.717) is 27.2 Å². The number of carbonyl (C=O) groups is 1. The number of hydrogen-bond donors (Lipinski definition) is 1. The number of aryl methyl sites for hydroxylation is 1. The average Bonchev–Trinajstić information content (AvgIpc) is 2.76. The molecule has 174 valence electrons. The summed E-state index contributed by atoms with van der Waals surface area (Å²) in [4.78, 5) is 12.9. The fraction of sp³-hybridized carbons (Fsp3) is 0.174. The summed E-state index contributed by atoms with van der Waals surface area (Å²) < 4.78 is 38.6. The number of nitrogens with one attached hydrogen (secondary N) is 1. The number of rotatable bonds is 8. The first-order valence-corrected chi connectivity index (χ1v) is 11.9. The predicted molar refractivity (Wildman–Crippen MR) is 130 cm³/mol. The smallest absolute Gasteiger partial charge is 0.264 e. The van der Waals surface area contributed by atoms with E-state index in [-0.39, 0.29) is 10.6 Å². The minimum Gasteiger partial charge on any atom is -0.493 e. The Morgan fingerprint density at radius 3 is 2.09 bits per heavy atom. The van der Waals surface area contributed by atoms with Gasteiger partial charge in [0, 0.05) is 21.8 Å². The fourth-order valence-corrected chi connectivity index (χ4v) is 5.03. The van der Waals surface area contributed by atoms with Gasteiger partial charge in [0.1, 0.15) is 6.54 Å². The number of methoxy groups -OCH3 is 2. The van der Waals surface area contributed by atoms with Crippen LogP contribution in [0, 0.1) is 6.92 Å². The summed E-state index contributed by atoms with van der Waals surface area (Å²) in [5, 5.41) is 3.31. The highest BCUT2D eigenvalue weighted by Crippen LogP contribution is 2.34. The van der Waals surface area contributed by atoms with Gasteiger partial charge < -0.3 is 14.8 Å². The molecule has 0 aliphatic carbocycles. The SMILES string of the molecule is COc1ccc(N(CC(=O)Nc2cc(Cl)cc(Cl)c2)S(=O)(=O)c2ccc(C)cc2)cc1OC. The van der Waals surface area contributed by atoms with Crippen LogP contribution >= 0.6 is 23.2 Å². The number of halogens is 2. The van der Waals surface area contributed by atoms with Crippen LogP contribution in [0.15, 0.2) is 65.6 Å². The van der Waals surface area contributed by atoms with Crippen molar-refractivity contribution in [3.63, 3.8) is 0 Å². The summed E-state index contributed by atoms with van der Waals surface area (Å²) in [6.07, 6.45) is 0. The van der Waals surface area contributed by atoms with E-state index in [9.17, 15) is 13.2 Å². The molecule has 0 saturated heterocycles. The molecule has 0 aliphatic rings. The van der Waals surface area contributed by atoms with Gasteiger partial charge in [0.15, 0.2) is 11.5 Å². The fourth-order valence-electron chi connectivity index (χ4n) is 3.09. The molecule has 3 aromatic carbocycles. The molecule has 0 heterocycles. The summed E-state index contributed by atoms with van der Waals surface area (Å²) in [6, 6.07) is 15.5. The quantitative estimate of drug-likeness (QED) is 0.454. The van der Waals surface area contributed by atoms with Gasteiger partial charge in [-0.3, -0.25) is 9.10 Å². The average molecular weight is 509 g/mol. The van der Waals surface area contributed by atoms with Crippen LogP contribution in [-0.2, 0) is 14.8 Å². The largest absolute Gasteiger partial charge is 0.493 e. The summed E-state index contributed by atoms with van der Waals surface area (Å²) in [7, 11) is -1.18. The zero-order valence-electron chi connectivity index (χ0n) is 18.1. The Kier molecular flexibility index (Phi) is 7.73. The van der Waals surface area contributed by atoms with E-state index >= 15 is 0 Å². The van der Waals surface area contributed by atoms with Gasteiger partial charge >= 0.3 is 0 Å². The van der Waals surface area contributed by atoms with Gasteiger partial charge in [-0.2, -0.15) is 0 Å². The first-order chi connectivity index (χ1) is 15.6. The number of carbonyl (C=O) groups excluding carboxylic acids is 1. The second-order valence-electron chi connectivity index (χ2n) is 7.07. The van der Waals surface area contributed by atoms with E-state index in [2.05, 4.69) is 5.32 Å². The standard InChI is InChI=1S/C23H22Cl2N2O5S/c1-15-4-7-20(8-5-15)33(29,30)27(19-6-9-21(31-2)22(13-19)32-3)14-23(28)26-18-11-16(24)10-17(25)12-18/h4-13H,14H2,1-3H3,(H,26,28). The van der Waals surface area contributed by atoms with Crippen molar-refractivity contribution in [1.82, 2.24) is 0 Å². The molecule has 0 aromatic heterocycles. The van der Waals surface area contributed by atoms with Gasteiger partial charge in [-0.25, -0.2) is 8.42 Å². The summed E-state index contributed by atoms with van der Waals surface area (Å²) in [6.45, 7) is 1.35. The van der Waals surface area contributed by atoms with Gasteiger partial charge in [0.05, 0.1) is 24.8 Å². The lowest BCUT2D eigenvalue weighted by atomic mass is 10.2. The van der Waals surface area contributed by atoms with Gasteiger partial charge in [-0.1, -0.05) is 40.9 Å². The van der Waals surface area contributed by atoms with E-state index in [1.165, 1.54) is 56.7 Å². The Morgan fingerprint density at radius 2 is 1.52 bits per heavy atom. The summed E-state index contributed by atoms with van der Waals surface area (Å²) >= 11 is 12.0. The molecule has 10 heteroatoms. The molecule has 33 heavy (non-hydrogen) atoms. The number of amides is 1. The first kappa shape index (κ1) is 24.7. The van der Waals surface area contributed by atoms with Gasteiger partial charge in [-0.15, -0.1) is 0 Å². The van der Waals surface area contributed by atoms with Crippen LogP contribution < -0.4 is 19.1 Å². The minimum atomic E-state index is -4.10. The maximum atomic E-state index is 13.5. The second kappa shape index (κ2) is 10.3. The van der Waals surface area contributed by atoms with E-state index in [1.54, 1.807) is 18.2 Å². The summed E-state index contributed by atoms with van der Waals surface area (Å²) in [5.41, 5.74) is 1.48. The third-order valence-electron chi connectivity index (χ3n) is 4.70. The molecule has 0 radical (unpaired) electrons. The maximum absolute atomic E-state index is 13.5. The molecular formula is C23H22Cl2N2O5S. The molecule has 7 nitrogen and oxygen atoms in total. The number of sulfonamides is 1. The van der Waals surface area contributed by atoms with Crippen molar-refractivity contribution in [3.8, 4) is 11.5 Å². The number of nitrogens with zero attached hydrogens (tertiary/aromatic N) is 1. The molecule has 3 aromatic rings. The number of benzene rings is 3. The lowest BCUT2D eigenvalue weighted by Crippen LogP contribution is -2.38. The van der Waals surface area contributed by atoms with Crippen molar-refractivity contribution in [2.45, 2.75) is 11.8 Å². The van der Waals surface area contributed by atoms with Crippen LogP contribution in [-0.4, -0.2) is 35.1 Å². The Labute approximate surface area is 202 Å². The number of anilines is 2. The Bertz CT molecular complexity index is 1240. The van der Waals surface area contributed by atoms with Gasteiger partial charge in [0.25, 0.3) is 10.0 Å². The lowest BCUT2D eigenvalue weighted by Gasteiger charge is -2.25. The van der Waals surface area contributed by atoms with Crippen LogP contribution in [0.4, 0.5) is 11.4 Å². The van der Waals surface area contributed by atoms with Crippen molar-refractivity contribution in [2.24, 2.45) is 0 Å². The molecule has 0 atom stereocenters. The molecule has 0 fully saturated rings. The molecule has 3 rings (SSSR count). The third kappa shape index (κ3) is 5.90. The van der Waals surface area contributed by atoms with Crippen molar-refractivity contribution in [2.75, 3.05) is 30.4 Å². The molecule has 0 spiro atoms. The number of hydrogen-bond acceptors (Lipinski definition) is 5. The maximum Gasteiger partial charge on any atom is 0.264 e. The molecule has 0 aliphatic heterocycles. The Balaban J connectivity index is 2.01. The van der Waals surface area contributed by atoms with Crippen LogP contribution in [0.25, 0.3) is 0 Å². The van der Waals surface area contributed by atoms with Crippen molar-refractivity contribution < 1.29 is 22.7 Å². The zero-order valence-corrected chi connectivity index (χ0v) is 20.5. The molecule has 0 saturated carbocycles. The Morgan fingerprint density at radius 1 is 0.909 bits per heavy atom. The third-order valence-corrected chi connectivity index (χ3v) is 6.92. The van der Waals surface area contributed by atoms with Gasteiger partial charge in [-0.05, 0) is 49.4 Å². The van der Waals surface area contributed by atoms with Crippen LogP contribution in [0.3, 0.4) is 0 Å². The Hall–Kier alpha value is -2.94. The van der Waals surface area contributed by atoms with E-state index in [0.717, 1.165) is 9.87 Å². The molecule has 1 N–H and O–H groups in total. The highest BCUT2D eigenvalue weighted by molar-refractivity contribution is 7.92. The summed E-state index contributed by atoms with van der Waals surface area (Å²) in [5.74, 6) is 0.159. The van der Waals surface area contributed by atoms with E-state index in [1.807, 2.05) is 6.92 Å². The molecule has 0 unspecified atom stereocenters. The van der Waals surface area contributed by atoms with Crippen LogP contribution in [0.2, 0.25) is 10.0 Å². The van der Waals surface area contributed by atoms with Crippen LogP contribution in [0.1, 0.15) is 5.56 Å². The first-order valence-electron chi connectivity index (χ1n) is 9.71. The highest BCUT2D eigenvalue weighted by atomic mass is 35.5. The van der Waals surface area contributed by atoms with E-state index < -0.39 is 22.5 Å². The second-order valence-corrected chi connectivity index (χ2v) is 9.81. The topological polar surface area (TPSA) is 84.9 Å². The predicted octanol–water partition coefficient (Wildman–Crippen LogP) is 5.15. The highest BCUT2D eigenvalue weighted by Gasteiger charge is 2.28. The molecule has 1 amide bonds. The van der Waals surface area contributed by atoms with Crippen molar-refractivity contribution in [1.29, 1.82) is 0 Å². The van der Waals surface area contributed by atoms with Crippen LogP contribution in [0.5, 0.6) is 11.5 Å². The zero-order chi connectivity index (χ0) is 24.2. The van der Waals surface area contributed by atoms with Crippen molar-refractivity contribution >= 4 is 50.5 Å². The molecular weight excluding hydrogens is 487 g/mol. The molecule has 0 bridgehead atoms.